The van der Waals surface area contributed by atoms with E-state index in [0.717, 1.165) is 11.3 Å². The van der Waals surface area contributed by atoms with Gasteiger partial charge >= 0.3 is 0 Å². The molecule has 0 spiro atoms. The van der Waals surface area contributed by atoms with Gasteiger partial charge in [-0.2, -0.15) is 4.68 Å². The molecule has 0 fully saturated rings. The van der Waals surface area contributed by atoms with Crippen LogP contribution in [-0.2, 0) is 4.79 Å². The van der Waals surface area contributed by atoms with Crippen LogP contribution in [0.25, 0.3) is 0 Å². The Kier molecular flexibility index (Phi) is 4.29. The van der Waals surface area contributed by atoms with Gasteiger partial charge in [-0.25, -0.2) is 0 Å². The van der Waals surface area contributed by atoms with Crippen molar-refractivity contribution < 1.29 is 9.53 Å². The van der Waals surface area contributed by atoms with Gasteiger partial charge < -0.3 is 15.4 Å². The molecule has 3 aromatic rings. The second-order valence-corrected chi connectivity index (χ2v) is 6.11. The molecule has 0 radical (unpaired) electrons. The largest absolute Gasteiger partial charge is 0.497 e. The smallest absolute Gasteiger partial charge is 0.255 e. The second-order valence-electron chi connectivity index (χ2n) is 6.11. The molecule has 1 atom stereocenters. The summed E-state index contributed by atoms with van der Waals surface area (Å²) in [5, 5.41) is 17.9. The molecule has 8 nitrogen and oxygen atoms in total. The van der Waals surface area contributed by atoms with Crippen LogP contribution in [0.3, 0.4) is 0 Å². The van der Waals surface area contributed by atoms with Crippen LogP contribution < -0.4 is 15.4 Å². The number of hydrogen-bond acceptors (Lipinski definition) is 6. The van der Waals surface area contributed by atoms with E-state index in [-0.39, 0.29) is 5.91 Å². The molecule has 2 N–H and O–H groups in total. The number of nitrogens with zero attached hydrogens (tertiary/aromatic N) is 4. The summed E-state index contributed by atoms with van der Waals surface area (Å²) in [6.45, 7) is 1.84. The molecule has 0 saturated heterocycles. The molecule has 4 rings (SSSR count). The third-order valence-corrected chi connectivity index (χ3v) is 4.40. The Morgan fingerprint density at radius 3 is 2.78 bits per heavy atom. The summed E-state index contributed by atoms with van der Waals surface area (Å²) in [4.78, 5) is 13.1. The Hall–Kier alpha value is -3.68. The Bertz CT molecular complexity index is 1010. The lowest BCUT2D eigenvalue weighted by Gasteiger charge is -2.28. The number of amides is 1. The van der Waals surface area contributed by atoms with Gasteiger partial charge in [0, 0.05) is 11.4 Å². The predicted octanol–water partition coefficient (Wildman–Crippen LogP) is 2.61. The third kappa shape index (κ3) is 3.12. The molecular formula is C19H18N6O2. The maximum Gasteiger partial charge on any atom is 0.255 e. The number of hydrogen-bond donors (Lipinski definition) is 2. The van der Waals surface area contributed by atoms with Crippen LogP contribution in [0.15, 0.2) is 65.9 Å². The van der Waals surface area contributed by atoms with Crippen molar-refractivity contribution in [1.29, 1.82) is 0 Å². The van der Waals surface area contributed by atoms with Crippen molar-refractivity contribution in [1.82, 2.24) is 20.2 Å². The summed E-state index contributed by atoms with van der Waals surface area (Å²) in [6, 6.07) is 16.4. The van der Waals surface area contributed by atoms with E-state index < -0.39 is 6.04 Å². The molecule has 136 valence electrons. The van der Waals surface area contributed by atoms with Crippen molar-refractivity contribution in [2.75, 3.05) is 17.7 Å². The van der Waals surface area contributed by atoms with Crippen molar-refractivity contribution >= 4 is 17.5 Å². The fourth-order valence-electron chi connectivity index (χ4n) is 3.15. The van der Waals surface area contributed by atoms with Crippen molar-refractivity contribution in [2.24, 2.45) is 0 Å². The number of carbonyl (C=O) groups excluding carboxylic acids is 1. The minimum atomic E-state index is -0.477. The summed E-state index contributed by atoms with van der Waals surface area (Å²) in [5.74, 6) is 0.956. The van der Waals surface area contributed by atoms with E-state index in [1.807, 2.05) is 61.5 Å². The van der Waals surface area contributed by atoms with E-state index >= 15 is 0 Å². The number of tetrazole rings is 1. The van der Waals surface area contributed by atoms with Crippen LogP contribution in [0.1, 0.15) is 18.5 Å². The molecule has 8 heteroatoms. The minimum absolute atomic E-state index is 0.222. The number of ether oxygens (including phenoxy) is 1. The van der Waals surface area contributed by atoms with Crippen LogP contribution >= 0.6 is 0 Å². The minimum Gasteiger partial charge on any atom is -0.497 e. The van der Waals surface area contributed by atoms with Gasteiger partial charge in [-0.05, 0) is 47.2 Å². The topological polar surface area (TPSA) is 94.0 Å². The molecule has 1 aliphatic rings. The van der Waals surface area contributed by atoms with Gasteiger partial charge in [0.15, 0.2) is 0 Å². The van der Waals surface area contributed by atoms with Crippen molar-refractivity contribution in [3.8, 4) is 5.75 Å². The van der Waals surface area contributed by atoms with Crippen molar-refractivity contribution in [3.05, 3.63) is 71.4 Å². The van der Waals surface area contributed by atoms with E-state index in [0.29, 0.717) is 23.0 Å². The quantitative estimate of drug-likeness (QED) is 0.741. The summed E-state index contributed by atoms with van der Waals surface area (Å²) < 4.78 is 6.94. The molecular weight excluding hydrogens is 344 g/mol. The third-order valence-electron chi connectivity index (χ3n) is 4.40. The van der Waals surface area contributed by atoms with E-state index in [4.69, 9.17) is 4.74 Å². The maximum atomic E-state index is 13.1. The van der Waals surface area contributed by atoms with Crippen LogP contribution in [0.4, 0.5) is 11.6 Å². The molecule has 27 heavy (non-hydrogen) atoms. The zero-order valence-corrected chi connectivity index (χ0v) is 14.9. The Labute approximate surface area is 155 Å². The molecule has 2 aromatic carbocycles. The fourth-order valence-corrected chi connectivity index (χ4v) is 3.15. The maximum absolute atomic E-state index is 13.1. The highest BCUT2D eigenvalue weighted by atomic mass is 16.5. The molecule has 1 aliphatic heterocycles. The summed E-state index contributed by atoms with van der Waals surface area (Å²) >= 11 is 0. The zero-order chi connectivity index (χ0) is 18.8. The van der Waals surface area contributed by atoms with Gasteiger partial charge in [-0.15, -0.1) is 0 Å². The first kappa shape index (κ1) is 16.8. The zero-order valence-electron chi connectivity index (χ0n) is 14.9. The summed E-state index contributed by atoms with van der Waals surface area (Å²) in [6.07, 6.45) is 0. The van der Waals surface area contributed by atoms with E-state index in [1.165, 1.54) is 0 Å². The van der Waals surface area contributed by atoms with Gasteiger partial charge in [-0.3, -0.25) is 4.79 Å². The van der Waals surface area contributed by atoms with Crippen LogP contribution in [0.2, 0.25) is 0 Å². The first-order chi connectivity index (χ1) is 13.2. The number of carbonyl (C=O) groups is 1. The van der Waals surface area contributed by atoms with Gasteiger partial charge in [0.05, 0.1) is 12.7 Å². The normalized spacial score (nSPS) is 15.7. The summed E-state index contributed by atoms with van der Waals surface area (Å²) in [7, 11) is 1.61. The number of benzene rings is 2. The highest BCUT2D eigenvalue weighted by Gasteiger charge is 2.34. The number of para-hydroxylation sites is 1. The van der Waals surface area contributed by atoms with Gasteiger partial charge in [-0.1, -0.05) is 35.4 Å². The molecule has 2 heterocycles. The molecule has 1 unspecified atom stereocenters. The molecule has 0 bridgehead atoms. The molecule has 1 aromatic heterocycles. The van der Waals surface area contributed by atoms with Crippen LogP contribution in [-0.4, -0.2) is 33.2 Å². The van der Waals surface area contributed by atoms with Crippen molar-refractivity contribution in [2.45, 2.75) is 13.0 Å². The number of rotatable bonds is 4. The molecule has 0 saturated carbocycles. The van der Waals surface area contributed by atoms with Gasteiger partial charge in [0.1, 0.15) is 11.8 Å². The number of fused-ring (bicyclic) bond motifs is 1. The average Bonchev–Trinajstić information content (AvgIpc) is 3.15. The molecule has 0 aliphatic carbocycles. The van der Waals surface area contributed by atoms with Crippen LogP contribution in [0.5, 0.6) is 5.75 Å². The monoisotopic (exact) mass is 362 g/mol. The number of aromatic nitrogens is 4. The lowest BCUT2D eigenvalue weighted by molar-refractivity contribution is -0.113. The van der Waals surface area contributed by atoms with E-state index in [9.17, 15) is 4.79 Å². The number of allylic oxidation sites excluding steroid dienone is 1. The predicted molar refractivity (Wildman–Crippen MR) is 100 cm³/mol. The summed E-state index contributed by atoms with van der Waals surface area (Å²) in [5.41, 5.74) is 2.79. The first-order valence-corrected chi connectivity index (χ1v) is 8.43. The fraction of sp³-hybridized carbons (Fsp3) is 0.158. The second kappa shape index (κ2) is 6.91. The Morgan fingerprint density at radius 1 is 1.19 bits per heavy atom. The number of methoxy groups -OCH3 is 1. The van der Waals surface area contributed by atoms with E-state index in [1.54, 1.807) is 11.8 Å². The lowest BCUT2D eigenvalue weighted by Crippen LogP contribution is -2.31. The Morgan fingerprint density at radius 2 is 2.00 bits per heavy atom. The van der Waals surface area contributed by atoms with E-state index in [2.05, 4.69) is 26.2 Å². The SMILES string of the molecule is COc1cccc(C2C(C(=O)Nc3ccccc3)=C(C)Nc3nnnn32)c1. The van der Waals surface area contributed by atoms with Gasteiger partial charge in [0.25, 0.3) is 5.91 Å². The molecule has 1 amide bonds. The first-order valence-electron chi connectivity index (χ1n) is 8.43. The van der Waals surface area contributed by atoms with Crippen LogP contribution in [0, 0.1) is 0 Å². The lowest BCUT2D eigenvalue weighted by atomic mass is 9.95. The van der Waals surface area contributed by atoms with Gasteiger partial charge in [0.2, 0.25) is 5.95 Å². The average molecular weight is 362 g/mol. The van der Waals surface area contributed by atoms with Crippen molar-refractivity contribution in [3.63, 3.8) is 0 Å². The number of nitrogens with one attached hydrogen (secondary N) is 2. The Balaban J connectivity index is 1.78. The number of anilines is 2. The standard InChI is InChI=1S/C19H18N6O2/c1-12-16(18(26)21-14-8-4-3-5-9-14)17(25-19(20-12)22-23-24-25)13-7-6-10-15(11-13)27-2/h3-11,17H,1-2H3,(H,21,26)(H,20,22,24). The highest BCUT2D eigenvalue weighted by Crippen LogP contribution is 2.35. The highest BCUT2D eigenvalue weighted by molar-refractivity contribution is 6.06.